The first-order valence-corrected chi connectivity index (χ1v) is 6.28. The molecule has 1 unspecified atom stereocenters. The maximum Gasteiger partial charge on any atom is 0.320 e. The van der Waals surface area contributed by atoms with Crippen LogP contribution >= 0.6 is 15.9 Å². The number of nitrogens with zero attached hydrogens (tertiary/aromatic N) is 1. The molecule has 18 heavy (non-hydrogen) atoms. The van der Waals surface area contributed by atoms with Crippen LogP contribution in [0.3, 0.4) is 0 Å². The lowest BCUT2D eigenvalue weighted by Crippen LogP contribution is -2.34. The van der Waals surface area contributed by atoms with Gasteiger partial charge in [-0.1, -0.05) is 0 Å². The van der Waals surface area contributed by atoms with Crippen molar-refractivity contribution in [2.45, 2.75) is 12.5 Å². The van der Waals surface area contributed by atoms with Crippen molar-refractivity contribution in [3.8, 4) is 5.75 Å². The van der Waals surface area contributed by atoms with Gasteiger partial charge >= 0.3 is 5.97 Å². The first-order valence-electron chi connectivity index (χ1n) is 5.48. The quantitative estimate of drug-likeness (QED) is 0.835. The molecule has 0 aliphatic heterocycles. The number of hydrogen-bond acceptors (Lipinski definition) is 4. The summed E-state index contributed by atoms with van der Waals surface area (Å²) in [5.74, 6) is -0.214. The molecular formula is C12H17BrN2O3. The maximum atomic E-state index is 10.6. The standard InChI is InChI=1S/C12H17BrN2O3/c1-15(6-5-10(14)12(16)17)8-3-4-11(18-2)9(13)7-8/h3-4,7,10H,5-6,14H2,1-2H3,(H,16,17). The molecule has 3 N–H and O–H groups in total. The van der Waals surface area contributed by atoms with Crippen molar-refractivity contribution >= 4 is 27.6 Å². The van der Waals surface area contributed by atoms with Crippen LogP contribution in [0.5, 0.6) is 5.75 Å². The van der Waals surface area contributed by atoms with Crippen LogP contribution in [-0.4, -0.2) is 37.8 Å². The predicted octanol–water partition coefficient (Wildman–Crippen LogP) is 1.70. The minimum atomic E-state index is -0.973. The van der Waals surface area contributed by atoms with Crippen LogP contribution in [0.1, 0.15) is 6.42 Å². The fraction of sp³-hybridized carbons (Fsp3) is 0.417. The lowest BCUT2D eigenvalue weighted by atomic mass is 10.2. The maximum absolute atomic E-state index is 10.6. The van der Waals surface area contributed by atoms with Gasteiger partial charge in [0.2, 0.25) is 0 Å². The Bertz CT molecular complexity index is 426. The molecular weight excluding hydrogens is 300 g/mol. The molecule has 0 heterocycles. The summed E-state index contributed by atoms with van der Waals surface area (Å²) in [5, 5.41) is 8.71. The highest BCUT2D eigenvalue weighted by Crippen LogP contribution is 2.29. The van der Waals surface area contributed by atoms with E-state index in [1.165, 1.54) is 0 Å². The Morgan fingerprint density at radius 3 is 2.78 bits per heavy atom. The van der Waals surface area contributed by atoms with E-state index in [1.54, 1.807) is 7.11 Å². The van der Waals surface area contributed by atoms with E-state index in [4.69, 9.17) is 15.6 Å². The number of hydrogen-bond donors (Lipinski definition) is 2. The Morgan fingerprint density at radius 1 is 1.61 bits per heavy atom. The summed E-state index contributed by atoms with van der Waals surface area (Å²) in [6.45, 7) is 0.576. The van der Waals surface area contributed by atoms with E-state index in [9.17, 15) is 4.79 Å². The number of rotatable bonds is 6. The van der Waals surface area contributed by atoms with E-state index in [1.807, 2.05) is 30.1 Å². The number of carboxylic acids is 1. The van der Waals surface area contributed by atoms with Crippen molar-refractivity contribution in [1.29, 1.82) is 0 Å². The highest BCUT2D eigenvalue weighted by molar-refractivity contribution is 9.10. The van der Waals surface area contributed by atoms with Gasteiger partial charge < -0.3 is 20.5 Å². The van der Waals surface area contributed by atoms with E-state index in [2.05, 4.69) is 15.9 Å². The second kappa shape index (κ2) is 6.61. The summed E-state index contributed by atoms with van der Waals surface area (Å²) in [6, 6.07) is 4.86. The van der Waals surface area contributed by atoms with Crippen LogP contribution in [-0.2, 0) is 4.79 Å². The molecule has 0 aliphatic rings. The Labute approximate surface area is 115 Å². The largest absolute Gasteiger partial charge is 0.496 e. The fourth-order valence-corrected chi connectivity index (χ4v) is 2.01. The summed E-state index contributed by atoms with van der Waals surface area (Å²) < 4.78 is 6.00. The van der Waals surface area contributed by atoms with Crippen molar-refractivity contribution < 1.29 is 14.6 Å². The zero-order valence-electron chi connectivity index (χ0n) is 10.4. The monoisotopic (exact) mass is 316 g/mol. The molecule has 0 aromatic heterocycles. The third kappa shape index (κ3) is 3.89. The summed E-state index contributed by atoms with van der Waals surface area (Å²) >= 11 is 3.41. The Kier molecular flexibility index (Phi) is 5.43. The number of carboxylic acid groups (broad SMARTS) is 1. The molecule has 1 aromatic rings. The van der Waals surface area contributed by atoms with Gasteiger partial charge in [0.15, 0.2) is 0 Å². The molecule has 0 saturated heterocycles. The summed E-state index contributed by atoms with van der Waals surface area (Å²) in [4.78, 5) is 12.6. The van der Waals surface area contributed by atoms with Gasteiger partial charge in [-0.05, 0) is 40.5 Å². The summed E-state index contributed by atoms with van der Waals surface area (Å²) in [5.41, 5.74) is 6.44. The second-order valence-corrected chi connectivity index (χ2v) is 4.83. The van der Waals surface area contributed by atoms with Gasteiger partial charge in [0.05, 0.1) is 11.6 Å². The van der Waals surface area contributed by atoms with Gasteiger partial charge in [-0.15, -0.1) is 0 Å². The zero-order chi connectivity index (χ0) is 13.7. The lowest BCUT2D eigenvalue weighted by Gasteiger charge is -2.21. The van der Waals surface area contributed by atoms with Gasteiger partial charge in [-0.3, -0.25) is 4.79 Å². The molecule has 6 heteroatoms. The fourth-order valence-electron chi connectivity index (χ4n) is 1.48. The SMILES string of the molecule is COc1ccc(N(C)CCC(N)C(=O)O)cc1Br. The third-order valence-corrected chi connectivity index (χ3v) is 3.29. The number of ether oxygens (including phenoxy) is 1. The van der Waals surface area contributed by atoms with Gasteiger partial charge in [0.1, 0.15) is 11.8 Å². The molecule has 0 spiro atoms. The van der Waals surface area contributed by atoms with E-state index < -0.39 is 12.0 Å². The number of anilines is 1. The highest BCUT2D eigenvalue weighted by atomic mass is 79.9. The van der Waals surface area contributed by atoms with E-state index in [-0.39, 0.29) is 0 Å². The van der Waals surface area contributed by atoms with Crippen LogP contribution < -0.4 is 15.4 Å². The lowest BCUT2D eigenvalue weighted by molar-refractivity contribution is -0.138. The van der Waals surface area contributed by atoms with Crippen LogP contribution in [0.4, 0.5) is 5.69 Å². The number of benzene rings is 1. The van der Waals surface area contributed by atoms with Crippen molar-refractivity contribution in [2.24, 2.45) is 5.73 Å². The molecule has 1 aromatic carbocycles. The summed E-state index contributed by atoms with van der Waals surface area (Å²) in [6.07, 6.45) is 0.398. The molecule has 1 atom stereocenters. The number of halogens is 1. The molecule has 0 radical (unpaired) electrons. The van der Waals surface area contributed by atoms with Crippen LogP contribution in [0, 0.1) is 0 Å². The zero-order valence-corrected chi connectivity index (χ0v) is 12.0. The average Bonchev–Trinajstić information content (AvgIpc) is 2.35. The van der Waals surface area contributed by atoms with Crippen LogP contribution in [0.15, 0.2) is 22.7 Å². The molecule has 1 rings (SSSR count). The molecule has 0 bridgehead atoms. The normalized spacial score (nSPS) is 12.0. The Hall–Kier alpha value is -1.27. The first kappa shape index (κ1) is 14.8. The number of methoxy groups -OCH3 is 1. The predicted molar refractivity (Wildman–Crippen MR) is 74.2 cm³/mol. The van der Waals surface area contributed by atoms with Crippen molar-refractivity contribution in [3.05, 3.63) is 22.7 Å². The van der Waals surface area contributed by atoms with Crippen molar-refractivity contribution in [3.63, 3.8) is 0 Å². The smallest absolute Gasteiger partial charge is 0.320 e. The van der Waals surface area contributed by atoms with E-state index >= 15 is 0 Å². The minimum absolute atomic E-state index is 0.398. The minimum Gasteiger partial charge on any atom is -0.496 e. The average molecular weight is 317 g/mol. The molecule has 0 fully saturated rings. The molecule has 0 amide bonds. The molecule has 5 nitrogen and oxygen atoms in total. The molecule has 0 saturated carbocycles. The highest BCUT2D eigenvalue weighted by Gasteiger charge is 2.13. The first-order chi connectivity index (χ1) is 8.45. The van der Waals surface area contributed by atoms with Crippen LogP contribution in [0.25, 0.3) is 0 Å². The van der Waals surface area contributed by atoms with E-state index in [0.29, 0.717) is 13.0 Å². The number of carbonyl (C=O) groups is 1. The molecule has 100 valence electrons. The van der Waals surface area contributed by atoms with Gasteiger partial charge in [0.25, 0.3) is 0 Å². The third-order valence-electron chi connectivity index (χ3n) is 2.67. The van der Waals surface area contributed by atoms with Crippen molar-refractivity contribution in [1.82, 2.24) is 0 Å². The van der Waals surface area contributed by atoms with Crippen molar-refractivity contribution in [2.75, 3.05) is 25.6 Å². The topological polar surface area (TPSA) is 75.8 Å². The number of nitrogens with two attached hydrogens (primary N) is 1. The number of aliphatic carboxylic acids is 1. The molecule has 0 aliphatic carbocycles. The van der Waals surface area contributed by atoms with Gasteiger partial charge in [0, 0.05) is 19.3 Å². The summed E-state index contributed by atoms with van der Waals surface area (Å²) in [7, 11) is 3.50. The Balaban J connectivity index is 2.64. The Morgan fingerprint density at radius 2 is 2.28 bits per heavy atom. The van der Waals surface area contributed by atoms with E-state index in [0.717, 1.165) is 15.9 Å². The van der Waals surface area contributed by atoms with Crippen LogP contribution in [0.2, 0.25) is 0 Å². The van der Waals surface area contributed by atoms with Gasteiger partial charge in [-0.25, -0.2) is 0 Å². The van der Waals surface area contributed by atoms with Gasteiger partial charge in [-0.2, -0.15) is 0 Å². The second-order valence-electron chi connectivity index (χ2n) is 3.97.